The Kier molecular flexibility index (Phi) is 5.97. The minimum Gasteiger partial charge on any atom is -0.497 e. The molecule has 31 heavy (non-hydrogen) atoms. The predicted molar refractivity (Wildman–Crippen MR) is 117 cm³/mol. The Hall–Kier alpha value is -3.68. The van der Waals surface area contributed by atoms with Crippen LogP contribution in [0.3, 0.4) is 0 Å². The lowest BCUT2D eigenvalue weighted by molar-refractivity contribution is 0.0944. The van der Waals surface area contributed by atoms with E-state index in [1.54, 1.807) is 48.2 Å². The Morgan fingerprint density at radius 1 is 1.06 bits per heavy atom. The van der Waals surface area contributed by atoms with Gasteiger partial charge in [0.1, 0.15) is 5.75 Å². The molecule has 0 unspecified atom stereocenters. The van der Waals surface area contributed by atoms with E-state index in [1.165, 1.54) is 0 Å². The lowest BCUT2D eigenvalue weighted by atomic mass is 10.1. The van der Waals surface area contributed by atoms with Crippen LogP contribution in [0.25, 0.3) is 5.69 Å². The van der Waals surface area contributed by atoms with Crippen LogP contribution < -0.4 is 15.4 Å². The molecule has 1 saturated carbocycles. The SMILES string of the molecule is CCCc1c(C(=O)NC2CC2)nnn1-c1ccc(NC(=O)c2ccc(OC)cc2)cc1. The van der Waals surface area contributed by atoms with Crippen LogP contribution >= 0.6 is 0 Å². The highest BCUT2D eigenvalue weighted by molar-refractivity contribution is 6.04. The summed E-state index contributed by atoms with van der Waals surface area (Å²) in [5.74, 6) is 0.323. The van der Waals surface area contributed by atoms with Crippen molar-refractivity contribution in [3.8, 4) is 11.4 Å². The normalized spacial score (nSPS) is 13.0. The van der Waals surface area contributed by atoms with E-state index in [2.05, 4.69) is 27.9 Å². The van der Waals surface area contributed by atoms with E-state index in [9.17, 15) is 9.59 Å². The Balaban J connectivity index is 1.50. The second-order valence-electron chi connectivity index (χ2n) is 7.52. The van der Waals surface area contributed by atoms with Crippen molar-refractivity contribution in [2.45, 2.75) is 38.6 Å². The molecule has 1 heterocycles. The number of methoxy groups -OCH3 is 1. The highest BCUT2D eigenvalue weighted by atomic mass is 16.5. The number of anilines is 1. The predicted octanol–water partition coefficient (Wildman–Crippen LogP) is 3.37. The van der Waals surface area contributed by atoms with Gasteiger partial charge in [-0.25, -0.2) is 4.68 Å². The topological polar surface area (TPSA) is 98.1 Å². The van der Waals surface area contributed by atoms with Gasteiger partial charge in [-0.1, -0.05) is 18.6 Å². The molecule has 0 spiro atoms. The number of hydrogen-bond acceptors (Lipinski definition) is 5. The fraction of sp³-hybridized carbons (Fsp3) is 0.304. The van der Waals surface area contributed by atoms with Crippen LogP contribution in [0, 0.1) is 0 Å². The van der Waals surface area contributed by atoms with E-state index < -0.39 is 0 Å². The number of amides is 2. The van der Waals surface area contributed by atoms with E-state index in [4.69, 9.17) is 4.74 Å². The average Bonchev–Trinajstić information content (AvgIpc) is 3.51. The number of nitrogens with one attached hydrogen (secondary N) is 2. The summed E-state index contributed by atoms with van der Waals surface area (Å²) in [4.78, 5) is 25.0. The minimum atomic E-state index is -0.207. The van der Waals surface area contributed by atoms with E-state index >= 15 is 0 Å². The molecule has 0 bridgehead atoms. The molecular formula is C23H25N5O3. The highest BCUT2D eigenvalue weighted by Crippen LogP contribution is 2.22. The molecule has 1 fully saturated rings. The zero-order valence-electron chi connectivity index (χ0n) is 17.6. The first-order chi connectivity index (χ1) is 15.1. The van der Waals surface area contributed by atoms with Gasteiger partial charge in [0.25, 0.3) is 11.8 Å². The number of hydrogen-bond donors (Lipinski definition) is 2. The standard InChI is InChI=1S/C23H25N5O3/c1-3-4-20-21(23(30)25-16-7-8-16)26-27-28(20)18-11-9-17(10-12-18)24-22(29)15-5-13-19(31-2)14-6-15/h5-6,9-14,16H,3-4,7-8H2,1-2H3,(H,24,29)(H,25,30). The van der Waals surface area contributed by atoms with Gasteiger partial charge in [0.2, 0.25) is 0 Å². The van der Waals surface area contributed by atoms with Crippen molar-refractivity contribution in [1.29, 1.82) is 0 Å². The van der Waals surface area contributed by atoms with Crippen molar-refractivity contribution in [1.82, 2.24) is 20.3 Å². The molecule has 2 aromatic carbocycles. The van der Waals surface area contributed by atoms with Crippen LogP contribution in [0.5, 0.6) is 5.75 Å². The summed E-state index contributed by atoms with van der Waals surface area (Å²) in [5.41, 5.74) is 3.15. The molecular weight excluding hydrogens is 394 g/mol. The van der Waals surface area contributed by atoms with Crippen molar-refractivity contribution in [3.63, 3.8) is 0 Å². The first kappa shape index (κ1) is 20.6. The number of ether oxygens (including phenoxy) is 1. The number of rotatable bonds is 8. The highest BCUT2D eigenvalue weighted by Gasteiger charge is 2.27. The van der Waals surface area contributed by atoms with Gasteiger partial charge >= 0.3 is 0 Å². The summed E-state index contributed by atoms with van der Waals surface area (Å²) in [5, 5.41) is 14.2. The number of carbonyl (C=O) groups is 2. The molecule has 3 aromatic rings. The lowest BCUT2D eigenvalue weighted by Crippen LogP contribution is -2.27. The van der Waals surface area contributed by atoms with Gasteiger partial charge in [-0.2, -0.15) is 0 Å². The molecule has 1 aliphatic rings. The molecule has 160 valence electrons. The van der Waals surface area contributed by atoms with E-state index in [-0.39, 0.29) is 17.9 Å². The van der Waals surface area contributed by atoms with Gasteiger partial charge in [0.15, 0.2) is 5.69 Å². The molecule has 8 nitrogen and oxygen atoms in total. The van der Waals surface area contributed by atoms with Crippen molar-refractivity contribution in [3.05, 3.63) is 65.5 Å². The first-order valence-corrected chi connectivity index (χ1v) is 10.4. The van der Waals surface area contributed by atoms with Gasteiger partial charge in [0, 0.05) is 17.3 Å². The summed E-state index contributed by atoms with van der Waals surface area (Å²) in [6.45, 7) is 2.05. The molecule has 2 N–H and O–H groups in total. The van der Waals surface area contributed by atoms with Crippen LogP contribution in [-0.2, 0) is 6.42 Å². The van der Waals surface area contributed by atoms with E-state index in [0.29, 0.717) is 29.1 Å². The van der Waals surface area contributed by atoms with Gasteiger partial charge in [-0.05, 0) is 67.8 Å². The Morgan fingerprint density at radius 3 is 2.39 bits per heavy atom. The maximum atomic E-state index is 12.5. The average molecular weight is 419 g/mol. The third-order valence-electron chi connectivity index (χ3n) is 5.10. The number of benzene rings is 2. The Morgan fingerprint density at radius 2 is 1.77 bits per heavy atom. The van der Waals surface area contributed by atoms with Gasteiger partial charge in [0.05, 0.1) is 18.5 Å². The van der Waals surface area contributed by atoms with Crippen molar-refractivity contribution >= 4 is 17.5 Å². The molecule has 1 aliphatic carbocycles. The maximum Gasteiger partial charge on any atom is 0.273 e. The molecule has 4 rings (SSSR count). The molecule has 2 amide bonds. The van der Waals surface area contributed by atoms with Crippen molar-refractivity contribution < 1.29 is 14.3 Å². The van der Waals surface area contributed by atoms with Gasteiger partial charge in [-0.15, -0.1) is 5.10 Å². The molecule has 0 atom stereocenters. The summed E-state index contributed by atoms with van der Waals surface area (Å²) in [6, 6.07) is 14.5. The second-order valence-corrected chi connectivity index (χ2v) is 7.52. The molecule has 1 aromatic heterocycles. The van der Waals surface area contributed by atoms with Crippen LogP contribution in [0.15, 0.2) is 48.5 Å². The third-order valence-corrected chi connectivity index (χ3v) is 5.10. The Labute approximate surface area is 180 Å². The van der Waals surface area contributed by atoms with Crippen LogP contribution in [0.4, 0.5) is 5.69 Å². The van der Waals surface area contributed by atoms with Crippen LogP contribution in [0.2, 0.25) is 0 Å². The number of carbonyl (C=O) groups excluding carboxylic acids is 2. The lowest BCUT2D eigenvalue weighted by Gasteiger charge is -2.10. The monoisotopic (exact) mass is 419 g/mol. The molecule has 0 aliphatic heterocycles. The smallest absolute Gasteiger partial charge is 0.273 e. The summed E-state index contributed by atoms with van der Waals surface area (Å²) in [7, 11) is 1.58. The maximum absolute atomic E-state index is 12.5. The van der Waals surface area contributed by atoms with Gasteiger partial charge < -0.3 is 15.4 Å². The van der Waals surface area contributed by atoms with Crippen LogP contribution in [0.1, 0.15) is 52.7 Å². The Bertz CT molecular complexity index is 1070. The quantitative estimate of drug-likeness (QED) is 0.583. The zero-order valence-corrected chi connectivity index (χ0v) is 17.6. The second kappa shape index (κ2) is 8.99. The van der Waals surface area contributed by atoms with Crippen molar-refractivity contribution in [2.24, 2.45) is 0 Å². The van der Waals surface area contributed by atoms with Crippen molar-refractivity contribution in [2.75, 3.05) is 12.4 Å². The number of nitrogens with zero attached hydrogens (tertiary/aromatic N) is 3. The molecule has 0 saturated heterocycles. The van der Waals surface area contributed by atoms with Crippen LogP contribution in [-0.4, -0.2) is 40.0 Å². The first-order valence-electron chi connectivity index (χ1n) is 10.4. The summed E-state index contributed by atoms with van der Waals surface area (Å²) in [6.07, 6.45) is 3.60. The van der Waals surface area contributed by atoms with E-state index in [1.807, 2.05) is 12.1 Å². The molecule has 0 radical (unpaired) electrons. The summed E-state index contributed by atoms with van der Waals surface area (Å²) < 4.78 is 6.81. The van der Waals surface area contributed by atoms with Gasteiger partial charge in [-0.3, -0.25) is 9.59 Å². The molecule has 8 heteroatoms. The third kappa shape index (κ3) is 4.74. The zero-order chi connectivity index (χ0) is 21.8. The van der Waals surface area contributed by atoms with E-state index in [0.717, 1.165) is 30.6 Å². The fourth-order valence-corrected chi connectivity index (χ4v) is 3.26. The largest absolute Gasteiger partial charge is 0.497 e. The minimum absolute atomic E-state index is 0.166. The number of aromatic nitrogens is 3. The fourth-order valence-electron chi connectivity index (χ4n) is 3.26. The summed E-state index contributed by atoms with van der Waals surface area (Å²) >= 11 is 0.